The summed E-state index contributed by atoms with van der Waals surface area (Å²) in [6.45, 7) is -3.99. The highest BCUT2D eigenvalue weighted by molar-refractivity contribution is 7.52. The number of carbonyl (C=O) groups excluding carboxylic acids is 2. The lowest BCUT2D eigenvalue weighted by Gasteiger charge is -2.52. The first-order chi connectivity index (χ1) is 39.3. The molecule has 37 heteroatoms. The van der Waals surface area contributed by atoms with Gasteiger partial charge in [-0.1, -0.05) is 0 Å². The van der Waals surface area contributed by atoms with Gasteiger partial charge in [0.15, 0.2) is 31.5 Å². The maximum atomic E-state index is 13.2. The quantitative estimate of drug-likeness (QED) is 0.0282. The summed E-state index contributed by atoms with van der Waals surface area (Å²) in [6, 6.07) is -3.64. The van der Waals surface area contributed by atoms with Gasteiger partial charge in [-0.05, 0) is 25.8 Å². The molecule has 484 valence electrons. The second-order valence-electron chi connectivity index (χ2n) is 20.9. The average molecular weight is 1240 g/mol. The van der Waals surface area contributed by atoms with Gasteiger partial charge >= 0.3 is 7.60 Å². The van der Waals surface area contributed by atoms with Crippen molar-refractivity contribution in [3.05, 3.63) is 0 Å². The van der Waals surface area contributed by atoms with Crippen molar-refractivity contribution in [2.75, 3.05) is 59.0 Å². The Labute approximate surface area is 473 Å². The Morgan fingerprint density at radius 1 is 0.410 bits per heavy atom. The predicted molar refractivity (Wildman–Crippen MR) is 264 cm³/mol. The number of rotatable bonds is 26. The summed E-state index contributed by atoms with van der Waals surface area (Å²) in [6.07, 6.45) is -54.2. The van der Waals surface area contributed by atoms with Gasteiger partial charge in [-0.2, -0.15) is 0 Å². The van der Waals surface area contributed by atoms with Gasteiger partial charge in [-0.15, -0.1) is 0 Å². The summed E-state index contributed by atoms with van der Waals surface area (Å²) in [5.41, 5.74) is 5.51. The molecule has 31 atom stereocenters. The van der Waals surface area contributed by atoms with Gasteiger partial charge in [-0.25, -0.2) is 0 Å². The summed E-state index contributed by atoms with van der Waals surface area (Å²) in [4.78, 5) is 36.6. The van der Waals surface area contributed by atoms with Gasteiger partial charge in [-0.3, -0.25) is 14.2 Å². The van der Waals surface area contributed by atoms with Crippen LogP contribution in [0, 0.1) is 0 Å². The fourth-order valence-corrected chi connectivity index (χ4v) is 11.7. The lowest BCUT2D eigenvalue weighted by atomic mass is 9.93. The van der Waals surface area contributed by atoms with Crippen molar-refractivity contribution in [2.45, 2.75) is 217 Å². The predicted octanol–water partition coefficient (Wildman–Crippen LogP) is -12.4. The molecule has 0 aromatic heterocycles. The monoisotopic (exact) mass is 1240 g/mol. The van der Waals surface area contributed by atoms with E-state index in [2.05, 4.69) is 10.6 Å². The summed E-state index contributed by atoms with van der Waals surface area (Å²) < 4.78 is 83.2. The fourth-order valence-electron chi connectivity index (χ4n) is 10.5. The van der Waals surface area contributed by atoms with E-state index in [0.29, 0.717) is 25.8 Å². The number of hydrogen-bond donors (Lipinski definition) is 21. The molecule has 36 nitrogen and oxygen atoms in total. The van der Waals surface area contributed by atoms with E-state index < -0.39 is 249 Å². The van der Waals surface area contributed by atoms with Crippen molar-refractivity contribution in [1.82, 2.24) is 10.6 Å². The van der Waals surface area contributed by atoms with Gasteiger partial charge in [0.1, 0.15) is 146 Å². The van der Waals surface area contributed by atoms with E-state index in [9.17, 15) is 106 Å². The molecule has 6 heterocycles. The number of unbranched alkanes of at least 4 members (excludes halogenated alkanes) is 2. The van der Waals surface area contributed by atoms with Crippen LogP contribution in [0.3, 0.4) is 0 Å². The van der Waals surface area contributed by atoms with Crippen molar-refractivity contribution in [1.29, 1.82) is 0 Å². The SMILES string of the molecule is CC(=O)NC1C(OC2C(CO)OC(OC3C(CO)OC(OC4C(O)C(CO)OC(CP(=O)(O)OCCCCCN)C4O)C(NC(C)=O)C3OC3OC(CO)C(O)C(O)C3O)C(O)C2O)OC(CO)C(O)C1OC1OC(CO)C(O)C(O)C1O. The third-order valence-corrected chi connectivity index (χ3v) is 16.3. The van der Waals surface area contributed by atoms with E-state index >= 15 is 0 Å². The van der Waals surface area contributed by atoms with Gasteiger partial charge in [0.05, 0.1) is 58.5 Å². The van der Waals surface area contributed by atoms with E-state index in [1.54, 1.807) is 0 Å². The standard InChI is InChI=1S/C46H82N3O33P/c1-15(56)48-24-39(80-44-34(66)31(63)26(58)17(8-50)74-44)28(60)20(11-53)73-42(24)78-37-21(12-54)77-46(36(68)33(37)65)79-38-22(13-55)76-43(25(49-16(2)57)40(38)81-45-35(67)32(64)27(59)18(9-51)75-45)82-41-29(61)19(10-52)72-23(30(41)62)14-83(69,70)71-7-5-3-4-6-47/h17-46,50-55,58-68H,3-14,47H2,1-2H3,(H,48,56)(H,49,57)(H,69,70). The third kappa shape index (κ3) is 16.6. The number of nitrogens with two attached hydrogens (primary N) is 1. The molecule has 6 aliphatic rings. The highest BCUT2D eigenvalue weighted by Crippen LogP contribution is 2.46. The van der Waals surface area contributed by atoms with Gasteiger partial charge in [0.25, 0.3) is 0 Å². The Balaban J connectivity index is 1.31. The van der Waals surface area contributed by atoms with Crippen LogP contribution in [0.4, 0.5) is 0 Å². The normalized spacial score (nSPS) is 46.0. The van der Waals surface area contributed by atoms with E-state index in [0.717, 1.165) is 13.8 Å². The zero-order valence-electron chi connectivity index (χ0n) is 45.0. The zero-order valence-corrected chi connectivity index (χ0v) is 45.9. The van der Waals surface area contributed by atoms with E-state index in [1.165, 1.54) is 0 Å². The maximum absolute atomic E-state index is 13.2. The van der Waals surface area contributed by atoms with Crippen LogP contribution in [0.5, 0.6) is 0 Å². The van der Waals surface area contributed by atoms with Crippen molar-refractivity contribution in [3.8, 4) is 0 Å². The first-order valence-electron chi connectivity index (χ1n) is 26.8. The van der Waals surface area contributed by atoms with E-state index in [4.69, 9.17) is 62.4 Å². The highest BCUT2D eigenvalue weighted by Gasteiger charge is 2.59. The van der Waals surface area contributed by atoms with Gasteiger partial charge < -0.3 is 165 Å². The lowest BCUT2D eigenvalue weighted by Crippen LogP contribution is -2.71. The van der Waals surface area contributed by atoms with Crippen LogP contribution in [-0.4, -0.2) is 346 Å². The zero-order chi connectivity index (χ0) is 61.4. The summed E-state index contributed by atoms with van der Waals surface area (Å²) in [5, 5.41) is 189. The first kappa shape index (κ1) is 70.0. The molecule has 0 aliphatic carbocycles. The molecule has 2 amide bonds. The molecule has 0 bridgehead atoms. The second-order valence-corrected chi connectivity index (χ2v) is 22.8. The smallest absolute Gasteiger partial charge is 0.330 e. The average Bonchev–Trinajstić information content (AvgIpc) is 3.60. The Bertz CT molecular complexity index is 2050. The van der Waals surface area contributed by atoms with Crippen molar-refractivity contribution in [2.24, 2.45) is 5.73 Å². The molecule has 0 radical (unpaired) electrons. The number of aliphatic hydroxyl groups excluding tert-OH is 17. The molecule has 31 unspecified atom stereocenters. The topological polar surface area (TPSA) is 576 Å². The molecule has 83 heavy (non-hydrogen) atoms. The largest absolute Gasteiger partial charge is 0.394 e. The number of carbonyl (C=O) groups is 2. The molecule has 6 rings (SSSR count). The molecule has 0 aromatic carbocycles. The highest BCUT2D eigenvalue weighted by atomic mass is 31.2. The Hall–Kier alpha value is -2.07. The van der Waals surface area contributed by atoms with E-state index in [-0.39, 0.29) is 6.61 Å². The number of ether oxygens (including phenoxy) is 11. The van der Waals surface area contributed by atoms with Crippen LogP contribution in [0.15, 0.2) is 0 Å². The molecule has 0 spiro atoms. The second kappa shape index (κ2) is 31.4. The van der Waals surface area contributed by atoms with Crippen LogP contribution < -0.4 is 16.4 Å². The van der Waals surface area contributed by atoms with Crippen LogP contribution in [0.2, 0.25) is 0 Å². The lowest BCUT2D eigenvalue weighted by molar-refractivity contribution is -0.391. The molecule has 6 aliphatic heterocycles. The molecule has 0 saturated carbocycles. The number of aliphatic hydroxyl groups is 17. The third-order valence-electron chi connectivity index (χ3n) is 14.9. The minimum Gasteiger partial charge on any atom is -0.394 e. The summed E-state index contributed by atoms with van der Waals surface area (Å²) in [7, 11) is -4.60. The minimum absolute atomic E-state index is 0.196. The van der Waals surface area contributed by atoms with Crippen molar-refractivity contribution < 1.29 is 162 Å². The summed E-state index contributed by atoms with van der Waals surface area (Å²) in [5.74, 6) is -1.78. The van der Waals surface area contributed by atoms with Gasteiger partial charge in [0.2, 0.25) is 11.8 Å². The van der Waals surface area contributed by atoms with Crippen LogP contribution in [-0.2, 0) is 70.8 Å². The minimum atomic E-state index is -4.60. The molecule has 6 fully saturated rings. The van der Waals surface area contributed by atoms with E-state index in [1.807, 2.05) is 0 Å². The van der Waals surface area contributed by atoms with Crippen molar-refractivity contribution in [3.63, 3.8) is 0 Å². The van der Waals surface area contributed by atoms with Crippen molar-refractivity contribution >= 4 is 19.4 Å². The molecule has 22 N–H and O–H groups in total. The number of amides is 2. The number of nitrogens with one attached hydrogen (secondary N) is 2. The Morgan fingerprint density at radius 2 is 0.771 bits per heavy atom. The molecular weight excluding hydrogens is 1150 g/mol. The number of hydrogen-bond acceptors (Lipinski definition) is 33. The van der Waals surface area contributed by atoms with Crippen LogP contribution in [0.25, 0.3) is 0 Å². The van der Waals surface area contributed by atoms with Crippen LogP contribution in [0.1, 0.15) is 33.1 Å². The maximum Gasteiger partial charge on any atom is 0.330 e. The molecule has 0 aromatic rings. The molecule has 6 saturated heterocycles. The first-order valence-corrected chi connectivity index (χ1v) is 28.6. The fraction of sp³-hybridized carbons (Fsp3) is 0.957. The summed E-state index contributed by atoms with van der Waals surface area (Å²) >= 11 is 0. The molecular formula is C46H82N3O33P. The van der Waals surface area contributed by atoms with Crippen LogP contribution >= 0.6 is 7.60 Å². The Morgan fingerprint density at radius 3 is 1.27 bits per heavy atom. The Kier molecular flexibility index (Phi) is 26.5. The van der Waals surface area contributed by atoms with Gasteiger partial charge in [0, 0.05) is 13.8 Å².